The molecule has 1 unspecified atom stereocenters. The molecule has 0 radical (unpaired) electrons. The van der Waals surface area contributed by atoms with Crippen molar-refractivity contribution in [3.8, 4) is 11.5 Å². The van der Waals surface area contributed by atoms with Gasteiger partial charge in [0.25, 0.3) is 5.78 Å². The molecule has 212 valence electrons. The highest BCUT2D eigenvalue weighted by Crippen LogP contribution is 2.44. The Labute approximate surface area is 242 Å². The molecule has 0 aliphatic carbocycles. The van der Waals surface area contributed by atoms with Gasteiger partial charge in [-0.2, -0.15) is 0 Å². The first kappa shape index (κ1) is 29.3. The molecule has 1 amide bonds. The van der Waals surface area contributed by atoms with Gasteiger partial charge in [-0.15, -0.1) is 0 Å². The smallest absolute Gasteiger partial charge is 0.350 e. The molecule has 3 aromatic rings. The first-order valence-electron chi connectivity index (χ1n) is 12.9. The van der Waals surface area contributed by atoms with Crippen LogP contribution in [0, 0.1) is 13.8 Å². The van der Waals surface area contributed by atoms with Crippen LogP contribution in [0.5, 0.6) is 11.5 Å². The minimum absolute atomic E-state index is 0.0117. The third-order valence-corrected chi connectivity index (χ3v) is 7.40. The van der Waals surface area contributed by atoms with Crippen molar-refractivity contribution in [2.75, 3.05) is 24.7 Å². The average molecular weight is 575 g/mol. The number of hydrogen-bond donors (Lipinski definition) is 1. The highest BCUT2D eigenvalue weighted by atomic mass is 32.1. The Hall–Kier alpha value is -4.70. The van der Waals surface area contributed by atoms with Gasteiger partial charge in [-0.05, 0) is 62.2 Å². The Morgan fingerprint density at radius 3 is 2.41 bits per heavy atom. The van der Waals surface area contributed by atoms with E-state index in [9.17, 15) is 19.5 Å². The number of Topliss-reactive ketones (excluding diaryl/α,β-unsaturated/α-hetero) is 1. The van der Waals surface area contributed by atoms with Gasteiger partial charge in [-0.1, -0.05) is 48.8 Å². The van der Waals surface area contributed by atoms with Crippen molar-refractivity contribution in [3.63, 3.8) is 0 Å². The number of carbonyl (C=O) groups excluding carboxylic acids is 3. The van der Waals surface area contributed by atoms with Crippen molar-refractivity contribution < 1.29 is 33.7 Å². The zero-order chi connectivity index (χ0) is 29.7. The van der Waals surface area contributed by atoms with Crippen LogP contribution in [0.1, 0.15) is 45.0 Å². The molecule has 9 nitrogen and oxygen atoms in total. The second kappa shape index (κ2) is 12.6. The number of amides is 1. The standard InChI is InChI=1S/C31H30N2O7S/c1-6-15-39-22-12-9-20(10-13-22)25-24(26(34)21-11-14-23(38-8-3)18(4)17-21)27(35)29(36)33(25)31-32-19(5)28(41-31)30(37)40-16-7-2/h6-7,9-14,17,25,34H,1-2,8,15-16H2,3-5H3/b26-24+. The van der Waals surface area contributed by atoms with Gasteiger partial charge in [0.1, 0.15) is 35.3 Å². The zero-order valence-electron chi connectivity index (χ0n) is 23.0. The lowest BCUT2D eigenvalue weighted by atomic mass is 9.95. The molecule has 1 aliphatic rings. The van der Waals surface area contributed by atoms with E-state index in [4.69, 9.17) is 14.2 Å². The molecule has 41 heavy (non-hydrogen) atoms. The molecule has 2 aromatic carbocycles. The van der Waals surface area contributed by atoms with Crippen molar-refractivity contribution >= 4 is 39.9 Å². The molecule has 4 rings (SSSR count). The Morgan fingerprint density at radius 2 is 1.78 bits per heavy atom. The molecule has 0 bridgehead atoms. The van der Waals surface area contributed by atoms with E-state index in [1.807, 2.05) is 13.8 Å². The quantitative estimate of drug-likeness (QED) is 0.102. The van der Waals surface area contributed by atoms with Crippen molar-refractivity contribution in [2.24, 2.45) is 0 Å². The summed E-state index contributed by atoms with van der Waals surface area (Å²) in [6, 6.07) is 10.8. The van der Waals surface area contributed by atoms with Crippen LogP contribution in [0.3, 0.4) is 0 Å². The number of hydrogen-bond acceptors (Lipinski definition) is 9. The number of ketones is 1. The summed E-state index contributed by atoms with van der Waals surface area (Å²) in [6.45, 7) is 13.3. The lowest BCUT2D eigenvalue weighted by Gasteiger charge is -2.23. The number of esters is 1. The zero-order valence-corrected chi connectivity index (χ0v) is 23.8. The van der Waals surface area contributed by atoms with E-state index in [-0.39, 0.29) is 27.9 Å². The highest BCUT2D eigenvalue weighted by Gasteiger charge is 2.48. The van der Waals surface area contributed by atoms with Crippen molar-refractivity contribution in [1.29, 1.82) is 0 Å². The summed E-state index contributed by atoms with van der Waals surface area (Å²) in [5.74, 6) is -1.52. The summed E-state index contributed by atoms with van der Waals surface area (Å²) in [4.78, 5) is 45.5. The van der Waals surface area contributed by atoms with E-state index in [0.29, 0.717) is 41.5 Å². The van der Waals surface area contributed by atoms with Crippen molar-refractivity contribution in [3.05, 3.63) is 101 Å². The van der Waals surface area contributed by atoms with E-state index >= 15 is 0 Å². The fourth-order valence-corrected chi connectivity index (χ4v) is 5.38. The van der Waals surface area contributed by atoms with Gasteiger partial charge in [0.2, 0.25) is 0 Å². The number of thiazole rings is 1. The molecule has 0 spiro atoms. The number of nitrogens with zero attached hydrogens (tertiary/aromatic N) is 2. The molecule has 2 heterocycles. The third kappa shape index (κ3) is 5.92. The highest BCUT2D eigenvalue weighted by molar-refractivity contribution is 7.17. The predicted octanol–water partition coefficient (Wildman–Crippen LogP) is 5.69. The Kier molecular flexibility index (Phi) is 9.04. The molecule has 1 N–H and O–H groups in total. The van der Waals surface area contributed by atoms with Crippen LogP contribution in [-0.4, -0.2) is 47.6 Å². The van der Waals surface area contributed by atoms with Gasteiger partial charge in [0.05, 0.1) is 23.9 Å². The van der Waals surface area contributed by atoms with Crippen LogP contribution in [0.2, 0.25) is 0 Å². The molecule has 10 heteroatoms. The number of aliphatic hydroxyl groups is 1. The minimum Gasteiger partial charge on any atom is -0.507 e. The first-order valence-corrected chi connectivity index (χ1v) is 13.7. The Balaban J connectivity index is 1.86. The molecular formula is C31H30N2O7S. The number of carbonyl (C=O) groups is 3. The summed E-state index contributed by atoms with van der Waals surface area (Å²) in [5, 5.41) is 11.6. The fraction of sp³-hybridized carbons (Fsp3) is 0.226. The van der Waals surface area contributed by atoms with E-state index in [1.54, 1.807) is 55.5 Å². The number of aliphatic hydroxyl groups excluding tert-OH is 1. The summed E-state index contributed by atoms with van der Waals surface area (Å²) >= 11 is 0.930. The van der Waals surface area contributed by atoms with Gasteiger partial charge < -0.3 is 19.3 Å². The van der Waals surface area contributed by atoms with Crippen LogP contribution < -0.4 is 14.4 Å². The number of benzene rings is 2. The number of ether oxygens (including phenoxy) is 3. The number of aryl methyl sites for hydroxylation is 2. The maximum atomic E-state index is 13.5. The molecule has 1 atom stereocenters. The van der Waals surface area contributed by atoms with Crippen LogP contribution in [-0.2, 0) is 14.3 Å². The van der Waals surface area contributed by atoms with Gasteiger partial charge in [0.15, 0.2) is 5.13 Å². The monoisotopic (exact) mass is 574 g/mol. The van der Waals surface area contributed by atoms with Gasteiger partial charge in [-0.3, -0.25) is 14.5 Å². The van der Waals surface area contributed by atoms with Crippen LogP contribution >= 0.6 is 11.3 Å². The van der Waals surface area contributed by atoms with E-state index in [0.717, 1.165) is 16.9 Å². The molecule has 1 aromatic heterocycles. The third-order valence-electron chi connectivity index (χ3n) is 6.27. The van der Waals surface area contributed by atoms with E-state index in [1.165, 1.54) is 11.0 Å². The van der Waals surface area contributed by atoms with Gasteiger partial charge >= 0.3 is 11.9 Å². The maximum Gasteiger partial charge on any atom is 0.350 e. The second-order valence-corrected chi connectivity index (χ2v) is 10.0. The van der Waals surface area contributed by atoms with Crippen LogP contribution in [0.4, 0.5) is 5.13 Å². The van der Waals surface area contributed by atoms with Crippen molar-refractivity contribution in [2.45, 2.75) is 26.8 Å². The van der Waals surface area contributed by atoms with Crippen LogP contribution in [0.25, 0.3) is 5.76 Å². The normalized spacial score (nSPS) is 16.0. The minimum atomic E-state index is -1.03. The van der Waals surface area contributed by atoms with Crippen molar-refractivity contribution in [1.82, 2.24) is 4.98 Å². The maximum absolute atomic E-state index is 13.5. The Morgan fingerprint density at radius 1 is 1.07 bits per heavy atom. The molecule has 1 aliphatic heterocycles. The topological polar surface area (TPSA) is 115 Å². The lowest BCUT2D eigenvalue weighted by molar-refractivity contribution is -0.132. The fourth-order valence-electron chi connectivity index (χ4n) is 4.39. The van der Waals surface area contributed by atoms with E-state index in [2.05, 4.69) is 18.1 Å². The summed E-state index contributed by atoms with van der Waals surface area (Å²) < 4.78 is 16.3. The average Bonchev–Trinajstić information content (AvgIpc) is 3.47. The molecule has 0 saturated carbocycles. The molecule has 1 fully saturated rings. The SMILES string of the molecule is C=CCOC(=O)c1sc(N2C(=O)C(=O)/C(=C(/O)c3ccc(OCC)c(C)c3)C2c2ccc(OCC=C)cc2)nc1C. The first-order chi connectivity index (χ1) is 19.7. The van der Waals surface area contributed by atoms with Gasteiger partial charge in [-0.25, -0.2) is 9.78 Å². The second-order valence-electron chi connectivity index (χ2n) is 9.05. The summed E-state index contributed by atoms with van der Waals surface area (Å²) in [5.41, 5.74) is 1.87. The van der Waals surface area contributed by atoms with Gasteiger partial charge in [0, 0.05) is 5.56 Å². The number of anilines is 1. The Bertz CT molecular complexity index is 1540. The van der Waals surface area contributed by atoms with Crippen LogP contribution in [0.15, 0.2) is 73.3 Å². The largest absolute Gasteiger partial charge is 0.507 e. The number of rotatable bonds is 11. The molecular weight excluding hydrogens is 544 g/mol. The molecule has 1 saturated heterocycles. The summed E-state index contributed by atoms with van der Waals surface area (Å²) in [7, 11) is 0. The lowest BCUT2D eigenvalue weighted by Crippen LogP contribution is -2.29. The number of aromatic nitrogens is 1. The van der Waals surface area contributed by atoms with E-state index < -0.39 is 23.7 Å². The summed E-state index contributed by atoms with van der Waals surface area (Å²) in [6.07, 6.45) is 3.06. The predicted molar refractivity (Wildman–Crippen MR) is 157 cm³/mol.